The minimum absolute atomic E-state index is 0.565. The summed E-state index contributed by atoms with van der Waals surface area (Å²) in [6, 6.07) is 0.565. The van der Waals surface area contributed by atoms with E-state index in [1.165, 1.54) is 0 Å². The molecular formula is C10H18N2O. The van der Waals surface area contributed by atoms with E-state index in [4.69, 9.17) is 5.21 Å². The molecule has 0 unspecified atom stereocenters. The van der Waals surface area contributed by atoms with Gasteiger partial charge in [-0.1, -0.05) is 11.2 Å². The van der Waals surface area contributed by atoms with Crippen molar-refractivity contribution in [2.24, 2.45) is 5.16 Å². The van der Waals surface area contributed by atoms with E-state index in [-0.39, 0.29) is 0 Å². The van der Waals surface area contributed by atoms with Crippen molar-refractivity contribution in [1.29, 1.82) is 0 Å². The molecule has 0 saturated carbocycles. The highest BCUT2D eigenvalue weighted by molar-refractivity contribution is 5.98. The van der Waals surface area contributed by atoms with Gasteiger partial charge in [-0.3, -0.25) is 4.90 Å². The van der Waals surface area contributed by atoms with Gasteiger partial charge in [-0.15, -0.1) is 0 Å². The fourth-order valence-electron chi connectivity index (χ4n) is 1.53. The molecule has 1 rings (SSSR count). The van der Waals surface area contributed by atoms with E-state index in [1.54, 1.807) is 0 Å². The Labute approximate surface area is 79.7 Å². The summed E-state index contributed by atoms with van der Waals surface area (Å²) in [6.45, 7) is 8.24. The molecule has 0 aliphatic carbocycles. The summed E-state index contributed by atoms with van der Waals surface area (Å²) in [5.41, 5.74) is 1.90. The monoisotopic (exact) mass is 182 g/mol. The van der Waals surface area contributed by atoms with Gasteiger partial charge in [0, 0.05) is 19.1 Å². The Balaban J connectivity index is 2.64. The average Bonchev–Trinajstić information content (AvgIpc) is 2.17. The van der Waals surface area contributed by atoms with Crippen LogP contribution in [0.1, 0.15) is 27.2 Å². The molecule has 0 aromatic carbocycles. The molecule has 0 aromatic heterocycles. The maximum absolute atomic E-state index is 8.64. The molecule has 1 aliphatic rings. The third-order valence-corrected chi connectivity index (χ3v) is 2.53. The first kappa shape index (κ1) is 10.3. The summed E-state index contributed by atoms with van der Waals surface area (Å²) < 4.78 is 0. The topological polar surface area (TPSA) is 35.8 Å². The smallest absolute Gasteiger partial charge is 0.0806 e. The van der Waals surface area contributed by atoms with Crippen molar-refractivity contribution in [1.82, 2.24) is 4.90 Å². The molecule has 74 valence electrons. The summed E-state index contributed by atoms with van der Waals surface area (Å²) in [7, 11) is 0. The Morgan fingerprint density at radius 1 is 1.62 bits per heavy atom. The number of nitrogens with zero attached hydrogens (tertiary/aromatic N) is 2. The lowest BCUT2D eigenvalue weighted by Gasteiger charge is -2.30. The molecule has 0 amide bonds. The Morgan fingerprint density at radius 2 is 2.31 bits per heavy atom. The molecule has 0 aromatic rings. The first-order chi connectivity index (χ1) is 6.15. The number of rotatable bonds is 2. The van der Waals surface area contributed by atoms with E-state index in [9.17, 15) is 0 Å². The molecule has 1 N–H and O–H groups in total. The van der Waals surface area contributed by atoms with Gasteiger partial charge in [-0.05, 0) is 32.8 Å². The lowest BCUT2D eigenvalue weighted by atomic mass is 10.0. The van der Waals surface area contributed by atoms with E-state index in [1.807, 2.05) is 6.92 Å². The molecule has 13 heavy (non-hydrogen) atoms. The summed E-state index contributed by atoms with van der Waals surface area (Å²) in [6.07, 6.45) is 3.22. The maximum atomic E-state index is 8.64. The Bertz CT molecular complexity index is 231. The molecule has 0 bridgehead atoms. The van der Waals surface area contributed by atoms with Gasteiger partial charge in [-0.2, -0.15) is 0 Å². The molecule has 0 saturated heterocycles. The van der Waals surface area contributed by atoms with Crippen molar-refractivity contribution in [2.75, 3.05) is 13.1 Å². The van der Waals surface area contributed by atoms with Crippen molar-refractivity contribution in [3.63, 3.8) is 0 Å². The van der Waals surface area contributed by atoms with Crippen LogP contribution in [0.5, 0.6) is 0 Å². The zero-order chi connectivity index (χ0) is 9.84. The van der Waals surface area contributed by atoms with Crippen LogP contribution in [0.2, 0.25) is 0 Å². The predicted octanol–water partition coefficient (Wildman–Crippen LogP) is 1.88. The summed E-state index contributed by atoms with van der Waals surface area (Å²) in [4.78, 5) is 2.38. The lowest BCUT2D eigenvalue weighted by Crippen LogP contribution is -2.37. The van der Waals surface area contributed by atoms with Gasteiger partial charge in [0.2, 0.25) is 0 Å². The summed E-state index contributed by atoms with van der Waals surface area (Å²) >= 11 is 0. The lowest BCUT2D eigenvalue weighted by molar-refractivity contribution is 0.238. The molecule has 1 heterocycles. The second-order valence-corrected chi connectivity index (χ2v) is 3.77. The van der Waals surface area contributed by atoms with Crippen LogP contribution in [0.4, 0.5) is 0 Å². The third kappa shape index (κ3) is 2.56. The van der Waals surface area contributed by atoms with Gasteiger partial charge in [0.05, 0.1) is 5.71 Å². The fourth-order valence-corrected chi connectivity index (χ4v) is 1.53. The van der Waals surface area contributed by atoms with Crippen molar-refractivity contribution < 1.29 is 5.21 Å². The molecule has 0 spiro atoms. The molecule has 0 radical (unpaired) electrons. The predicted molar refractivity (Wildman–Crippen MR) is 54.3 cm³/mol. The van der Waals surface area contributed by atoms with Gasteiger partial charge in [0.1, 0.15) is 0 Å². The van der Waals surface area contributed by atoms with E-state index >= 15 is 0 Å². The number of hydrogen-bond acceptors (Lipinski definition) is 3. The van der Waals surface area contributed by atoms with Gasteiger partial charge >= 0.3 is 0 Å². The average molecular weight is 182 g/mol. The normalized spacial score (nSPS) is 20.6. The van der Waals surface area contributed by atoms with Crippen LogP contribution in [0.25, 0.3) is 0 Å². The maximum Gasteiger partial charge on any atom is 0.0806 e. The minimum Gasteiger partial charge on any atom is -0.411 e. The van der Waals surface area contributed by atoms with Crippen molar-refractivity contribution in [2.45, 2.75) is 33.2 Å². The van der Waals surface area contributed by atoms with Gasteiger partial charge in [0.25, 0.3) is 0 Å². The highest BCUT2D eigenvalue weighted by Gasteiger charge is 2.16. The third-order valence-electron chi connectivity index (χ3n) is 2.53. The standard InChI is InChI=1S/C10H18N2O/c1-8(2)12-6-4-5-10(7-12)9(3)11-13/h5,8,13H,4,6-7H2,1-3H3. The highest BCUT2D eigenvalue weighted by Crippen LogP contribution is 2.13. The minimum atomic E-state index is 0.565. The fraction of sp³-hybridized carbons (Fsp3) is 0.700. The summed E-state index contributed by atoms with van der Waals surface area (Å²) in [5, 5.41) is 11.9. The zero-order valence-corrected chi connectivity index (χ0v) is 8.62. The quantitative estimate of drug-likeness (QED) is 0.402. The number of hydrogen-bond donors (Lipinski definition) is 1. The zero-order valence-electron chi connectivity index (χ0n) is 8.62. The van der Waals surface area contributed by atoms with Crippen LogP contribution in [-0.4, -0.2) is 35.0 Å². The second kappa shape index (κ2) is 4.42. The first-order valence-electron chi connectivity index (χ1n) is 4.77. The van der Waals surface area contributed by atoms with E-state index in [2.05, 4.69) is 30.0 Å². The van der Waals surface area contributed by atoms with Crippen molar-refractivity contribution >= 4 is 5.71 Å². The van der Waals surface area contributed by atoms with Crippen LogP contribution in [0, 0.1) is 0 Å². The van der Waals surface area contributed by atoms with E-state index in [0.717, 1.165) is 30.8 Å². The first-order valence-corrected chi connectivity index (χ1v) is 4.77. The van der Waals surface area contributed by atoms with Crippen LogP contribution < -0.4 is 0 Å². The molecular weight excluding hydrogens is 164 g/mol. The van der Waals surface area contributed by atoms with Gasteiger partial charge in [-0.25, -0.2) is 0 Å². The van der Waals surface area contributed by atoms with Gasteiger partial charge < -0.3 is 5.21 Å². The molecule has 3 nitrogen and oxygen atoms in total. The summed E-state index contributed by atoms with van der Waals surface area (Å²) in [5.74, 6) is 0. The van der Waals surface area contributed by atoms with E-state index in [0.29, 0.717) is 6.04 Å². The molecule has 3 heteroatoms. The Kier molecular flexibility index (Phi) is 3.48. The SMILES string of the molecule is CC(=NO)C1=CCCN(C(C)C)C1. The van der Waals surface area contributed by atoms with Crippen LogP contribution in [-0.2, 0) is 0 Å². The largest absolute Gasteiger partial charge is 0.411 e. The Morgan fingerprint density at radius 3 is 2.85 bits per heavy atom. The second-order valence-electron chi connectivity index (χ2n) is 3.77. The number of oxime groups is 1. The van der Waals surface area contributed by atoms with Crippen LogP contribution in [0.3, 0.4) is 0 Å². The molecule has 0 fully saturated rings. The highest BCUT2D eigenvalue weighted by atomic mass is 16.4. The molecule has 1 aliphatic heterocycles. The van der Waals surface area contributed by atoms with Crippen molar-refractivity contribution in [3.8, 4) is 0 Å². The van der Waals surface area contributed by atoms with Crippen LogP contribution >= 0.6 is 0 Å². The Hall–Kier alpha value is -0.830. The van der Waals surface area contributed by atoms with Crippen molar-refractivity contribution in [3.05, 3.63) is 11.6 Å². The molecule has 0 atom stereocenters. The van der Waals surface area contributed by atoms with Gasteiger partial charge in [0.15, 0.2) is 0 Å². The van der Waals surface area contributed by atoms with Crippen LogP contribution in [0.15, 0.2) is 16.8 Å². The van der Waals surface area contributed by atoms with E-state index < -0.39 is 0 Å².